The fourth-order valence-corrected chi connectivity index (χ4v) is 3.53. The lowest BCUT2D eigenvalue weighted by Gasteiger charge is -2.23. The molecule has 2 aromatic carbocycles. The van der Waals surface area contributed by atoms with Gasteiger partial charge in [0.1, 0.15) is 36.4 Å². The minimum absolute atomic E-state index is 0.127. The second-order valence-electron chi connectivity index (χ2n) is 8.66. The van der Waals surface area contributed by atoms with Crippen LogP contribution in [-0.4, -0.2) is 62.2 Å². The molecule has 13 heteroatoms. The third-order valence-corrected chi connectivity index (χ3v) is 5.26. The van der Waals surface area contributed by atoms with E-state index >= 15 is 0 Å². The molecule has 38 heavy (non-hydrogen) atoms. The maximum absolute atomic E-state index is 14.5. The molecule has 1 aliphatic rings. The first kappa shape index (κ1) is 28.9. The highest BCUT2D eigenvalue weighted by Crippen LogP contribution is 2.30. The molecule has 0 saturated carbocycles. The summed E-state index contributed by atoms with van der Waals surface area (Å²) in [6.07, 6.45) is -7.39. The summed E-state index contributed by atoms with van der Waals surface area (Å²) < 4.78 is 74.6. The average Bonchev–Trinajstić information content (AvgIpc) is 3.23. The van der Waals surface area contributed by atoms with Crippen molar-refractivity contribution in [2.24, 2.45) is 0 Å². The zero-order valence-electron chi connectivity index (χ0n) is 20.6. The Bertz CT molecular complexity index is 1170. The minimum atomic E-state index is -4.75. The summed E-state index contributed by atoms with van der Waals surface area (Å²) >= 11 is 0. The molecule has 1 fully saturated rings. The Morgan fingerprint density at radius 3 is 2.39 bits per heavy atom. The van der Waals surface area contributed by atoms with Crippen molar-refractivity contribution in [1.29, 1.82) is 0 Å². The number of amides is 2. The van der Waals surface area contributed by atoms with E-state index in [1.54, 1.807) is 49.5 Å². The van der Waals surface area contributed by atoms with Crippen molar-refractivity contribution in [3.05, 3.63) is 65.0 Å². The summed E-state index contributed by atoms with van der Waals surface area (Å²) in [4.78, 5) is 38.2. The average molecular weight is 541 g/mol. The van der Waals surface area contributed by atoms with E-state index in [4.69, 9.17) is 18.9 Å². The van der Waals surface area contributed by atoms with Gasteiger partial charge in [-0.2, -0.15) is 13.2 Å². The van der Waals surface area contributed by atoms with Crippen LogP contribution >= 0.6 is 0 Å². The van der Waals surface area contributed by atoms with Crippen molar-refractivity contribution < 1.29 is 50.9 Å². The highest BCUT2D eigenvalue weighted by atomic mass is 19.4. The van der Waals surface area contributed by atoms with Crippen molar-refractivity contribution in [1.82, 2.24) is 10.6 Å². The summed E-state index contributed by atoms with van der Waals surface area (Å²) in [7, 11) is 1.17. The van der Waals surface area contributed by atoms with E-state index in [9.17, 15) is 31.9 Å². The molecule has 9 nitrogen and oxygen atoms in total. The first-order valence-corrected chi connectivity index (χ1v) is 11.3. The van der Waals surface area contributed by atoms with Crippen molar-refractivity contribution in [2.45, 2.75) is 44.6 Å². The topological polar surface area (TPSA) is 114 Å². The first-order valence-electron chi connectivity index (χ1n) is 11.3. The van der Waals surface area contributed by atoms with E-state index < -0.39 is 71.2 Å². The number of hydrogen-bond donors (Lipinski definition) is 1. The number of ether oxygens (including phenoxy) is 4. The molecule has 1 saturated heterocycles. The molecule has 1 radical (unpaired) electrons. The number of likely N-dealkylation sites (N-methyl/N-ethyl adjacent to an activating group) is 1. The molecule has 2 atom stereocenters. The van der Waals surface area contributed by atoms with Crippen LogP contribution in [0.1, 0.15) is 40.1 Å². The second kappa shape index (κ2) is 11.8. The van der Waals surface area contributed by atoms with E-state index in [0.29, 0.717) is 17.7 Å². The lowest BCUT2D eigenvalue weighted by Crippen LogP contribution is -2.43. The van der Waals surface area contributed by atoms with Crippen LogP contribution in [0.25, 0.3) is 0 Å². The predicted molar refractivity (Wildman–Crippen MR) is 123 cm³/mol. The van der Waals surface area contributed by atoms with Crippen molar-refractivity contribution in [3.8, 4) is 5.75 Å². The monoisotopic (exact) mass is 541 g/mol. The minimum Gasteiger partial charge on any atom is -0.487 e. The molecular formula is C25H25F4N2O7. The molecule has 1 heterocycles. The van der Waals surface area contributed by atoms with Gasteiger partial charge in [0.2, 0.25) is 6.10 Å². The number of hydrogen-bond acceptors (Lipinski definition) is 7. The maximum Gasteiger partial charge on any atom is 0.405 e. The molecule has 0 bridgehead atoms. The number of esters is 1. The number of alkyl halides is 3. The van der Waals surface area contributed by atoms with Gasteiger partial charge in [0.25, 0.3) is 11.8 Å². The molecule has 205 valence electrons. The van der Waals surface area contributed by atoms with E-state index in [2.05, 4.69) is 5.32 Å². The molecule has 3 rings (SSSR count). The lowest BCUT2D eigenvalue weighted by molar-refractivity contribution is -0.159. The summed E-state index contributed by atoms with van der Waals surface area (Å²) in [5.41, 5.74) is -0.735. The number of carbonyl (C=O) groups is 3. The number of rotatable bonds is 9. The summed E-state index contributed by atoms with van der Waals surface area (Å²) in [6, 6.07) is 9.72. The number of benzene rings is 2. The fourth-order valence-electron chi connectivity index (χ4n) is 3.53. The van der Waals surface area contributed by atoms with Crippen LogP contribution in [-0.2, 0) is 25.6 Å². The predicted octanol–water partition coefficient (Wildman–Crippen LogP) is 3.13. The number of nitrogens with zero attached hydrogens (tertiary/aromatic N) is 1. The van der Waals surface area contributed by atoms with Gasteiger partial charge < -0.3 is 24.3 Å². The highest BCUT2D eigenvalue weighted by molar-refractivity contribution is 6.03. The van der Waals surface area contributed by atoms with Gasteiger partial charge in [0, 0.05) is 7.05 Å². The standard InChI is InChI=1S/C25H25F4N2O7/c1-24(2)36-12-18(38-24)20(22(33)30-3)37-23(34)17-10-15(26)9-16(21(32)31-13-25(27,28)29)19(17)35-11-14-7-5-4-6-8-14/h4-10,18,20H,11-13H2,1-3H3,(H,31,32). The Kier molecular flexibility index (Phi) is 8.94. The first-order chi connectivity index (χ1) is 17.8. The van der Waals surface area contributed by atoms with Crippen LogP contribution in [0.3, 0.4) is 0 Å². The number of halogens is 4. The van der Waals surface area contributed by atoms with Crippen molar-refractivity contribution in [2.75, 3.05) is 20.2 Å². The molecule has 0 aromatic heterocycles. The highest BCUT2D eigenvalue weighted by Gasteiger charge is 2.43. The lowest BCUT2D eigenvalue weighted by atomic mass is 10.1. The Morgan fingerprint density at radius 2 is 1.82 bits per heavy atom. The normalized spacial score (nSPS) is 17.4. The van der Waals surface area contributed by atoms with E-state index in [1.807, 2.05) is 0 Å². The van der Waals surface area contributed by atoms with Crippen molar-refractivity contribution in [3.63, 3.8) is 0 Å². The molecule has 1 N–H and O–H groups in total. The third kappa shape index (κ3) is 7.65. The Labute approximate surface area is 215 Å². The van der Waals surface area contributed by atoms with Gasteiger partial charge in [-0.3, -0.25) is 14.9 Å². The summed E-state index contributed by atoms with van der Waals surface area (Å²) in [6.45, 7) is 1.09. The van der Waals surface area contributed by atoms with Gasteiger partial charge in [-0.15, -0.1) is 0 Å². The largest absolute Gasteiger partial charge is 0.487 e. The molecule has 0 aliphatic carbocycles. The van der Waals surface area contributed by atoms with E-state index in [0.717, 1.165) is 0 Å². The number of carbonyl (C=O) groups excluding carboxylic acids is 3. The van der Waals surface area contributed by atoms with Crippen LogP contribution in [0.4, 0.5) is 17.6 Å². The smallest absolute Gasteiger partial charge is 0.405 e. The SMILES string of the molecule is C[N]C(=O)C(OC(=O)c1cc(F)cc(C(=O)NCC(F)(F)F)c1OCc1ccccc1)C1COC(C)(C)O1. The molecule has 0 spiro atoms. The molecule has 2 amide bonds. The van der Waals surface area contributed by atoms with Crippen LogP contribution in [0.2, 0.25) is 0 Å². The molecule has 1 aliphatic heterocycles. The Balaban J connectivity index is 1.97. The zero-order valence-corrected chi connectivity index (χ0v) is 20.6. The Morgan fingerprint density at radius 1 is 1.16 bits per heavy atom. The summed E-state index contributed by atoms with van der Waals surface area (Å²) in [5, 5.41) is 5.13. The van der Waals surface area contributed by atoms with Crippen LogP contribution in [0, 0.1) is 5.82 Å². The maximum atomic E-state index is 14.5. The van der Waals surface area contributed by atoms with E-state index in [1.165, 1.54) is 7.05 Å². The van der Waals surface area contributed by atoms with E-state index in [-0.39, 0.29) is 13.2 Å². The van der Waals surface area contributed by atoms with Crippen molar-refractivity contribution >= 4 is 17.8 Å². The van der Waals surface area contributed by atoms with Gasteiger partial charge >= 0.3 is 12.1 Å². The van der Waals surface area contributed by atoms with Gasteiger partial charge in [0.05, 0.1) is 12.2 Å². The van der Waals surface area contributed by atoms with Gasteiger partial charge in [0.15, 0.2) is 5.79 Å². The third-order valence-electron chi connectivity index (χ3n) is 5.26. The van der Waals surface area contributed by atoms with Gasteiger partial charge in [-0.1, -0.05) is 30.3 Å². The molecule has 2 aromatic rings. The Hall–Kier alpha value is -3.71. The summed E-state index contributed by atoms with van der Waals surface area (Å²) in [5.74, 6) is -6.28. The zero-order chi connectivity index (χ0) is 28.1. The van der Waals surface area contributed by atoms with Gasteiger partial charge in [-0.05, 0) is 31.5 Å². The van der Waals surface area contributed by atoms with Crippen LogP contribution in [0.5, 0.6) is 5.75 Å². The fraction of sp³-hybridized carbons (Fsp3) is 0.400. The second-order valence-corrected chi connectivity index (χ2v) is 8.66. The molecule has 2 unspecified atom stereocenters. The molecular weight excluding hydrogens is 516 g/mol. The quantitative estimate of drug-likeness (QED) is 0.383. The van der Waals surface area contributed by atoms with Crippen LogP contribution in [0.15, 0.2) is 42.5 Å². The number of nitrogens with one attached hydrogen (secondary N) is 1. The van der Waals surface area contributed by atoms with Crippen LogP contribution < -0.4 is 15.4 Å². The van der Waals surface area contributed by atoms with Gasteiger partial charge in [-0.25, -0.2) is 9.18 Å².